The number of aromatic nitrogens is 2. The minimum absolute atomic E-state index is 0.0699. The average molecular weight is 262 g/mol. The van der Waals surface area contributed by atoms with Gasteiger partial charge < -0.3 is 5.32 Å². The molecule has 0 unspecified atom stereocenters. The van der Waals surface area contributed by atoms with E-state index in [0.29, 0.717) is 5.82 Å². The molecule has 0 saturated carbocycles. The Morgan fingerprint density at radius 2 is 1.83 bits per heavy atom. The van der Waals surface area contributed by atoms with Gasteiger partial charge in [-0.1, -0.05) is 39.0 Å². The minimum Gasteiger partial charge on any atom is -0.340 e. The Kier molecular flexibility index (Phi) is 3.53. The van der Waals surface area contributed by atoms with Crippen molar-refractivity contribution in [1.82, 2.24) is 9.97 Å². The quantitative estimate of drug-likeness (QED) is 0.825. The summed E-state index contributed by atoms with van der Waals surface area (Å²) >= 11 is 5.78. The Hall–Kier alpha value is -1.61. The highest BCUT2D eigenvalue weighted by molar-refractivity contribution is 6.28. The average Bonchev–Trinajstić information content (AvgIpc) is 2.28. The van der Waals surface area contributed by atoms with E-state index in [1.807, 2.05) is 18.2 Å². The topological polar surface area (TPSA) is 37.8 Å². The predicted molar refractivity (Wildman–Crippen MR) is 75.5 cm³/mol. The number of hydrogen-bond acceptors (Lipinski definition) is 3. The monoisotopic (exact) mass is 261 g/mol. The molecule has 1 heterocycles. The van der Waals surface area contributed by atoms with Crippen molar-refractivity contribution >= 4 is 23.1 Å². The number of halogens is 1. The largest absolute Gasteiger partial charge is 0.340 e. The van der Waals surface area contributed by atoms with Gasteiger partial charge in [0.15, 0.2) is 0 Å². The third-order valence-electron chi connectivity index (χ3n) is 2.62. The van der Waals surface area contributed by atoms with Gasteiger partial charge in [-0.2, -0.15) is 0 Å². The van der Waals surface area contributed by atoms with Gasteiger partial charge >= 0.3 is 0 Å². The summed E-state index contributed by atoms with van der Waals surface area (Å²) in [5.74, 6) is 0.701. The van der Waals surface area contributed by atoms with Crippen molar-refractivity contribution in [2.24, 2.45) is 0 Å². The summed E-state index contributed by atoms with van der Waals surface area (Å²) < 4.78 is 0. The molecule has 0 bridgehead atoms. The van der Waals surface area contributed by atoms with Gasteiger partial charge in [0.25, 0.3) is 0 Å². The summed E-state index contributed by atoms with van der Waals surface area (Å²) in [7, 11) is 0. The molecule has 0 spiro atoms. The highest BCUT2D eigenvalue weighted by Gasteiger charge is 2.17. The first kappa shape index (κ1) is 12.8. The summed E-state index contributed by atoms with van der Waals surface area (Å²) in [6.07, 6.45) is 1.64. The molecule has 2 aromatic rings. The van der Waals surface area contributed by atoms with Crippen LogP contribution in [0.5, 0.6) is 0 Å². The van der Waals surface area contributed by atoms with Crippen LogP contribution >= 0.6 is 11.6 Å². The minimum atomic E-state index is 0.0699. The molecule has 0 aliphatic rings. The van der Waals surface area contributed by atoms with Gasteiger partial charge in [0, 0.05) is 11.9 Å². The predicted octanol–water partition coefficient (Wildman–Crippen LogP) is 4.17. The normalized spacial score (nSPS) is 11.3. The summed E-state index contributed by atoms with van der Waals surface area (Å²) in [6.45, 7) is 6.54. The summed E-state index contributed by atoms with van der Waals surface area (Å²) in [6, 6.07) is 9.99. The van der Waals surface area contributed by atoms with Crippen LogP contribution < -0.4 is 5.32 Å². The fraction of sp³-hybridized carbons (Fsp3) is 0.286. The molecule has 1 N–H and O–H groups in total. The molecule has 18 heavy (non-hydrogen) atoms. The first-order chi connectivity index (χ1) is 8.47. The highest BCUT2D eigenvalue weighted by Crippen LogP contribution is 2.30. The van der Waals surface area contributed by atoms with E-state index >= 15 is 0 Å². The Labute approximate surface area is 112 Å². The Bertz CT molecular complexity index is 547. The second-order valence-corrected chi connectivity index (χ2v) is 5.47. The zero-order valence-corrected chi connectivity index (χ0v) is 11.5. The number of anilines is 2. The van der Waals surface area contributed by atoms with Crippen molar-refractivity contribution in [3.8, 4) is 0 Å². The fourth-order valence-electron chi connectivity index (χ4n) is 1.79. The SMILES string of the molecule is CC(C)(C)c1ccccc1Nc1ccnc(Cl)n1. The van der Waals surface area contributed by atoms with E-state index in [4.69, 9.17) is 11.6 Å². The van der Waals surface area contributed by atoms with Crippen molar-refractivity contribution < 1.29 is 0 Å². The van der Waals surface area contributed by atoms with Crippen LogP contribution in [0.25, 0.3) is 0 Å². The van der Waals surface area contributed by atoms with Crippen molar-refractivity contribution in [3.05, 3.63) is 47.4 Å². The molecular formula is C14H16ClN3. The molecule has 1 aromatic carbocycles. The van der Waals surface area contributed by atoms with E-state index in [-0.39, 0.29) is 10.7 Å². The van der Waals surface area contributed by atoms with Crippen LogP contribution in [0.4, 0.5) is 11.5 Å². The second kappa shape index (κ2) is 4.94. The number of nitrogens with one attached hydrogen (secondary N) is 1. The third kappa shape index (κ3) is 2.99. The molecule has 94 valence electrons. The maximum Gasteiger partial charge on any atom is 0.224 e. The van der Waals surface area contributed by atoms with Gasteiger partial charge in [-0.25, -0.2) is 9.97 Å². The lowest BCUT2D eigenvalue weighted by atomic mass is 9.86. The summed E-state index contributed by atoms with van der Waals surface area (Å²) in [5.41, 5.74) is 2.35. The number of rotatable bonds is 2. The zero-order chi connectivity index (χ0) is 13.2. The molecule has 4 heteroatoms. The van der Waals surface area contributed by atoms with E-state index in [9.17, 15) is 0 Å². The van der Waals surface area contributed by atoms with Gasteiger partial charge in [-0.15, -0.1) is 0 Å². The van der Waals surface area contributed by atoms with Gasteiger partial charge in [0.05, 0.1) is 0 Å². The van der Waals surface area contributed by atoms with E-state index < -0.39 is 0 Å². The molecule has 0 atom stereocenters. The molecule has 0 amide bonds. The van der Waals surface area contributed by atoms with Crippen molar-refractivity contribution in [1.29, 1.82) is 0 Å². The van der Waals surface area contributed by atoms with E-state index in [0.717, 1.165) is 5.69 Å². The first-order valence-corrected chi connectivity index (χ1v) is 6.20. The summed E-state index contributed by atoms with van der Waals surface area (Å²) in [5, 5.41) is 3.53. The molecule has 0 saturated heterocycles. The number of benzene rings is 1. The first-order valence-electron chi connectivity index (χ1n) is 5.82. The maximum absolute atomic E-state index is 5.78. The lowest BCUT2D eigenvalue weighted by Gasteiger charge is -2.23. The van der Waals surface area contributed by atoms with Gasteiger partial charge in [-0.3, -0.25) is 0 Å². The van der Waals surface area contributed by atoms with Crippen molar-refractivity contribution in [2.75, 3.05) is 5.32 Å². The van der Waals surface area contributed by atoms with Crippen molar-refractivity contribution in [2.45, 2.75) is 26.2 Å². The van der Waals surface area contributed by atoms with Gasteiger partial charge in [-0.05, 0) is 34.7 Å². The lowest BCUT2D eigenvalue weighted by Crippen LogP contribution is -2.13. The number of para-hydroxylation sites is 1. The van der Waals surface area contributed by atoms with E-state index in [1.54, 1.807) is 12.3 Å². The molecule has 0 aliphatic carbocycles. The van der Waals surface area contributed by atoms with Crippen LogP contribution in [-0.2, 0) is 5.41 Å². The molecule has 0 aliphatic heterocycles. The lowest BCUT2D eigenvalue weighted by molar-refractivity contribution is 0.592. The van der Waals surface area contributed by atoms with Crippen LogP contribution in [0.15, 0.2) is 36.5 Å². The highest BCUT2D eigenvalue weighted by atomic mass is 35.5. The molecule has 0 fully saturated rings. The van der Waals surface area contributed by atoms with Crippen LogP contribution in [0.2, 0.25) is 5.28 Å². The van der Waals surface area contributed by atoms with Gasteiger partial charge in [0.2, 0.25) is 5.28 Å². The number of hydrogen-bond donors (Lipinski definition) is 1. The van der Waals surface area contributed by atoms with E-state index in [2.05, 4.69) is 42.1 Å². The Morgan fingerprint density at radius 1 is 1.11 bits per heavy atom. The molecule has 2 rings (SSSR count). The number of nitrogens with zero attached hydrogens (tertiary/aromatic N) is 2. The molecular weight excluding hydrogens is 246 g/mol. The third-order valence-corrected chi connectivity index (χ3v) is 2.81. The van der Waals surface area contributed by atoms with Crippen LogP contribution in [0.1, 0.15) is 26.3 Å². The van der Waals surface area contributed by atoms with Crippen LogP contribution in [0, 0.1) is 0 Å². The molecule has 0 radical (unpaired) electrons. The van der Waals surface area contributed by atoms with Crippen LogP contribution in [-0.4, -0.2) is 9.97 Å². The molecule has 1 aromatic heterocycles. The smallest absolute Gasteiger partial charge is 0.224 e. The Morgan fingerprint density at radius 3 is 2.50 bits per heavy atom. The summed E-state index contributed by atoms with van der Waals surface area (Å²) in [4.78, 5) is 8.00. The fourth-order valence-corrected chi connectivity index (χ4v) is 1.94. The van der Waals surface area contributed by atoms with Gasteiger partial charge in [0.1, 0.15) is 5.82 Å². The van der Waals surface area contributed by atoms with Crippen LogP contribution in [0.3, 0.4) is 0 Å². The second-order valence-electron chi connectivity index (χ2n) is 5.13. The zero-order valence-electron chi connectivity index (χ0n) is 10.7. The standard InChI is InChI=1S/C14H16ClN3/c1-14(2,3)10-6-4-5-7-11(10)17-12-8-9-16-13(15)18-12/h4-9H,1-3H3,(H,16,17,18). The van der Waals surface area contributed by atoms with E-state index in [1.165, 1.54) is 5.56 Å². The Balaban J connectivity index is 2.35. The maximum atomic E-state index is 5.78. The molecule has 3 nitrogen and oxygen atoms in total. The van der Waals surface area contributed by atoms with Crippen molar-refractivity contribution in [3.63, 3.8) is 0 Å².